The fourth-order valence-electron chi connectivity index (χ4n) is 4.54. The van der Waals surface area contributed by atoms with E-state index in [1.807, 2.05) is 54.7 Å². The summed E-state index contributed by atoms with van der Waals surface area (Å²) in [6.07, 6.45) is 0.775. The molecule has 2 aliphatic rings. The summed E-state index contributed by atoms with van der Waals surface area (Å²) in [6, 6.07) is 21.1. The lowest BCUT2D eigenvalue weighted by atomic mass is 10.0. The first-order chi connectivity index (χ1) is 15.5. The summed E-state index contributed by atoms with van der Waals surface area (Å²) in [7, 11) is 4.07. The van der Waals surface area contributed by atoms with Gasteiger partial charge in [-0.3, -0.25) is 4.79 Å². The molecular formula is C26H28N2O2S2. The second-order valence-electron chi connectivity index (χ2n) is 8.63. The minimum atomic E-state index is -0.0809. The molecule has 6 heteroatoms. The average molecular weight is 465 g/mol. The molecule has 0 aliphatic carbocycles. The Morgan fingerprint density at radius 1 is 1.03 bits per heavy atom. The lowest BCUT2D eigenvalue weighted by molar-refractivity contribution is 0.0729. The molecule has 0 saturated carbocycles. The molecule has 3 heterocycles. The average Bonchev–Trinajstić information content (AvgIpc) is 3.46. The first-order valence-electron chi connectivity index (χ1n) is 11.0. The Labute approximate surface area is 198 Å². The van der Waals surface area contributed by atoms with E-state index in [4.69, 9.17) is 4.42 Å². The Morgan fingerprint density at radius 2 is 1.72 bits per heavy atom. The van der Waals surface area contributed by atoms with Gasteiger partial charge in [0.15, 0.2) is 0 Å². The Kier molecular flexibility index (Phi) is 6.10. The van der Waals surface area contributed by atoms with Crippen LogP contribution in [-0.2, 0) is 23.6 Å². The number of carbonyl (C=O) groups is 1. The van der Waals surface area contributed by atoms with Crippen LogP contribution in [0.3, 0.4) is 0 Å². The van der Waals surface area contributed by atoms with Crippen molar-refractivity contribution in [2.75, 3.05) is 32.1 Å². The third-order valence-electron chi connectivity index (χ3n) is 6.04. The first kappa shape index (κ1) is 21.7. The van der Waals surface area contributed by atoms with Gasteiger partial charge in [-0.25, -0.2) is 0 Å². The normalized spacial score (nSPS) is 17.5. The molecule has 0 N–H and O–H groups in total. The zero-order chi connectivity index (χ0) is 22.1. The van der Waals surface area contributed by atoms with E-state index in [2.05, 4.69) is 53.4 Å². The molecule has 0 spiro atoms. The molecule has 3 aromatic rings. The Morgan fingerprint density at radius 3 is 2.41 bits per heavy atom. The van der Waals surface area contributed by atoms with Crippen molar-refractivity contribution in [1.82, 2.24) is 9.80 Å². The summed E-state index contributed by atoms with van der Waals surface area (Å²) in [5, 5.41) is 0. The molecule has 2 aliphatic heterocycles. The van der Waals surface area contributed by atoms with Crippen LogP contribution >= 0.6 is 23.5 Å². The van der Waals surface area contributed by atoms with Crippen LogP contribution in [0.5, 0.6) is 0 Å². The molecule has 1 amide bonds. The second kappa shape index (κ2) is 9.00. The van der Waals surface area contributed by atoms with Crippen LogP contribution < -0.4 is 0 Å². The van der Waals surface area contributed by atoms with Crippen molar-refractivity contribution in [1.29, 1.82) is 0 Å². The minimum absolute atomic E-state index is 0.0809. The first-order valence-corrected chi connectivity index (χ1v) is 13.0. The van der Waals surface area contributed by atoms with Crippen molar-refractivity contribution < 1.29 is 9.21 Å². The lowest BCUT2D eigenvalue weighted by Crippen LogP contribution is -2.35. The van der Waals surface area contributed by atoms with Crippen molar-refractivity contribution in [3.63, 3.8) is 0 Å². The Hall–Kier alpha value is -2.15. The lowest BCUT2D eigenvalue weighted by Gasteiger charge is -2.29. The molecule has 1 saturated heterocycles. The van der Waals surface area contributed by atoms with E-state index >= 15 is 0 Å². The highest BCUT2D eigenvalue weighted by Gasteiger charge is 2.39. The fraction of sp³-hybridized carbons (Fsp3) is 0.346. The number of thioether (sulfide) groups is 2. The molecule has 1 fully saturated rings. The molecule has 0 unspecified atom stereocenters. The summed E-state index contributed by atoms with van der Waals surface area (Å²) in [5.41, 5.74) is 4.48. The Balaban J connectivity index is 1.34. The van der Waals surface area contributed by atoms with Gasteiger partial charge in [0.25, 0.3) is 5.91 Å². The number of amides is 1. The molecule has 0 atom stereocenters. The third kappa shape index (κ3) is 4.12. The number of fused-ring (bicyclic) bond motifs is 1. The molecule has 32 heavy (non-hydrogen) atoms. The van der Waals surface area contributed by atoms with Gasteiger partial charge in [0.1, 0.15) is 15.6 Å². The fourth-order valence-corrected chi connectivity index (χ4v) is 7.83. The van der Waals surface area contributed by atoms with Gasteiger partial charge in [-0.15, -0.1) is 23.5 Å². The van der Waals surface area contributed by atoms with Gasteiger partial charge in [0.05, 0.1) is 6.54 Å². The van der Waals surface area contributed by atoms with E-state index in [1.165, 1.54) is 11.1 Å². The van der Waals surface area contributed by atoms with Crippen LogP contribution in [0, 0.1) is 0 Å². The summed E-state index contributed by atoms with van der Waals surface area (Å²) < 4.78 is 5.91. The molecule has 5 rings (SSSR count). The van der Waals surface area contributed by atoms with Crippen molar-refractivity contribution in [3.8, 4) is 0 Å². The van der Waals surface area contributed by atoms with Gasteiger partial charge < -0.3 is 14.2 Å². The minimum Gasteiger partial charge on any atom is -0.464 e. The van der Waals surface area contributed by atoms with E-state index in [1.54, 1.807) is 0 Å². The third-order valence-corrected chi connectivity index (χ3v) is 9.57. The quantitative estimate of drug-likeness (QED) is 0.517. The van der Waals surface area contributed by atoms with Crippen LogP contribution in [0.4, 0.5) is 0 Å². The van der Waals surface area contributed by atoms with E-state index in [-0.39, 0.29) is 9.99 Å². The van der Waals surface area contributed by atoms with Gasteiger partial charge in [-0.1, -0.05) is 42.5 Å². The molecule has 0 bridgehead atoms. The number of rotatable bonds is 5. The van der Waals surface area contributed by atoms with Gasteiger partial charge >= 0.3 is 0 Å². The highest BCUT2D eigenvalue weighted by atomic mass is 32.2. The van der Waals surface area contributed by atoms with Crippen LogP contribution in [0.15, 0.2) is 65.1 Å². The predicted octanol–water partition coefficient (Wildman–Crippen LogP) is 5.22. The molecular weight excluding hydrogens is 436 g/mol. The van der Waals surface area contributed by atoms with Crippen molar-refractivity contribution in [2.45, 2.75) is 23.6 Å². The molecule has 4 nitrogen and oxygen atoms in total. The standard InChI is InChI=1S/C26H28N2O2S2/c1-27(2)18-23-16-20-17-28(13-12-24(20)30-23)25(29)19-8-10-22(11-9-19)26(31-14-15-32-26)21-6-4-3-5-7-21/h3-11,16H,12-15,17-18H2,1-2H3. The van der Waals surface area contributed by atoms with Gasteiger partial charge in [-0.2, -0.15) is 0 Å². The van der Waals surface area contributed by atoms with Crippen LogP contribution in [0.1, 0.15) is 38.6 Å². The zero-order valence-corrected chi connectivity index (χ0v) is 20.2. The number of hydrogen-bond donors (Lipinski definition) is 0. The molecule has 166 valence electrons. The predicted molar refractivity (Wildman–Crippen MR) is 133 cm³/mol. The smallest absolute Gasteiger partial charge is 0.254 e. The maximum atomic E-state index is 13.3. The van der Waals surface area contributed by atoms with Crippen molar-refractivity contribution in [3.05, 3.63) is 94.4 Å². The second-order valence-corrected chi connectivity index (χ2v) is 11.5. The van der Waals surface area contributed by atoms with Crippen molar-refractivity contribution in [2.24, 2.45) is 0 Å². The monoisotopic (exact) mass is 464 g/mol. The molecule has 2 aromatic carbocycles. The van der Waals surface area contributed by atoms with Gasteiger partial charge in [-0.05, 0) is 43.4 Å². The van der Waals surface area contributed by atoms with Crippen LogP contribution in [0.25, 0.3) is 0 Å². The summed E-state index contributed by atoms with van der Waals surface area (Å²) in [4.78, 5) is 17.3. The summed E-state index contributed by atoms with van der Waals surface area (Å²) >= 11 is 3.98. The number of hydrogen-bond acceptors (Lipinski definition) is 5. The number of benzene rings is 2. The number of carbonyl (C=O) groups excluding carboxylic acids is 1. The van der Waals surface area contributed by atoms with Gasteiger partial charge in [0.2, 0.25) is 0 Å². The highest BCUT2D eigenvalue weighted by Crippen LogP contribution is 2.56. The SMILES string of the molecule is CN(C)Cc1cc2c(o1)CCN(C(=O)c1ccc(C3(c4ccccc4)SCCS3)cc1)C2. The molecule has 1 aromatic heterocycles. The highest BCUT2D eigenvalue weighted by molar-refractivity contribution is 8.20. The van der Waals surface area contributed by atoms with E-state index < -0.39 is 0 Å². The summed E-state index contributed by atoms with van der Waals surface area (Å²) in [6.45, 7) is 2.09. The van der Waals surface area contributed by atoms with E-state index in [9.17, 15) is 4.79 Å². The van der Waals surface area contributed by atoms with E-state index in [0.717, 1.165) is 47.1 Å². The maximum absolute atomic E-state index is 13.3. The maximum Gasteiger partial charge on any atom is 0.254 e. The van der Waals surface area contributed by atoms with Gasteiger partial charge in [0, 0.05) is 42.1 Å². The largest absolute Gasteiger partial charge is 0.464 e. The van der Waals surface area contributed by atoms with Crippen LogP contribution in [-0.4, -0.2) is 47.9 Å². The zero-order valence-electron chi connectivity index (χ0n) is 18.5. The summed E-state index contributed by atoms with van der Waals surface area (Å²) in [5.74, 6) is 4.36. The van der Waals surface area contributed by atoms with Crippen LogP contribution in [0.2, 0.25) is 0 Å². The number of furan rings is 1. The topological polar surface area (TPSA) is 36.7 Å². The molecule has 0 radical (unpaired) electrons. The van der Waals surface area contributed by atoms with Crippen molar-refractivity contribution >= 4 is 29.4 Å². The number of nitrogens with zero attached hydrogens (tertiary/aromatic N) is 2. The van der Waals surface area contributed by atoms with E-state index in [0.29, 0.717) is 13.1 Å². The Bertz CT molecular complexity index is 1090.